The van der Waals surface area contributed by atoms with Crippen LogP contribution in [0.2, 0.25) is 0 Å². The molecule has 0 aromatic heterocycles. The Kier molecular flexibility index (Phi) is 2.12. The number of sulfone groups is 1. The molecule has 0 bridgehead atoms. The lowest BCUT2D eigenvalue weighted by molar-refractivity contribution is 0.346. The first kappa shape index (κ1) is 9.68. The van der Waals surface area contributed by atoms with Crippen LogP contribution in [0.1, 0.15) is 19.3 Å². The first-order valence-corrected chi connectivity index (χ1v) is 6.13. The second-order valence-corrected chi connectivity index (χ2v) is 6.03. The molecular formula is C10H13NO2S. The van der Waals surface area contributed by atoms with E-state index in [1.54, 1.807) is 30.3 Å². The molecule has 0 amide bonds. The molecule has 0 unspecified atom stereocenters. The summed E-state index contributed by atoms with van der Waals surface area (Å²) >= 11 is 0. The fraction of sp³-hybridized carbons (Fsp3) is 0.400. The second kappa shape index (κ2) is 3.07. The number of nitrogens with two attached hydrogens (primary N) is 1. The van der Waals surface area contributed by atoms with Gasteiger partial charge in [0.1, 0.15) is 4.87 Å². The normalized spacial score (nSPS) is 20.1. The van der Waals surface area contributed by atoms with E-state index in [-0.39, 0.29) is 0 Å². The van der Waals surface area contributed by atoms with Crippen molar-refractivity contribution < 1.29 is 8.42 Å². The molecule has 1 aliphatic rings. The van der Waals surface area contributed by atoms with Crippen LogP contribution in [0.25, 0.3) is 0 Å². The highest BCUT2D eigenvalue weighted by molar-refractivity contribution is 7.92. The van der Waals surface area contributed by atoms with Crippen molar-refractivity contribution in [3.05, 3.63) is 30.3 Å². The van der Waals surface area contributed by atoms with Gasteiger partial charge in [-0.05, 0) is 31.4 Å². The summed E-state index contributed by atoms with van der Waals surface area (Å²) in [6, 6.07) is 8.43. The number of benzene rings is 1. The van der Waals surface area contributed by atoms with Gasteiger partial charge in [0.25, 0.3) is 0 Å². The lowest BCUT2D eigenvalue weighted by Gasteiger charge is -2.37. The quantitative estimate of drug-likeness (QED) is 0.802. The van der Waals surface area contributed by atoms with Gasteiger partial charge in [0, 0.05) is 0 Å². The molecular weight excluding hydrogens is 198 g/mol. The number of hydrogen-bond acceptors (Lipinski definition) is 3. The van der Waals surface area contributed by atoms with Crippen LogP contribution in [-0.4, -0.2) is 13.3 Å². The Morgan fingerprint density at radius 1 is 1.14 bits per heavy atom. The van der Waals surface area contributed by atoms with Crippen LogP contribution >= 0.6 is 0 Å². The summed E-state index contributed by atoms with van der Waals surface area (Å²) in [4.78, 5) is -0.670. The van der Waals surface area contributed by atoms with Crippen LogP contribution in [0, 0.1) is 0 Å². The maximum absolute atomic E-state index is 12.0. The Bertz CT molecular complexity index is 421. The van der Waals surface area contributed by atoms with Crippen LogP contribution in [0.3, 0.4) is 0 Å². The SMILES string of the molecule is NC1(S(=O)(=O)c2ccccc2)CCC1. The Balaban J connectivity index is 2.44. The van der Waals surface area contributed by atoms with Crippen molar-refractivity contribution in [1.82, 2.24) is 0 Å². The molecule has 0 radical (unpaired) electrons. The molecule has 0 atom stereocenters. The van der Waals surface area contributed by atoms with Crippen LogP contribution in [0.5, 0.6) is 0 Å². The zero-order valence-corrected chi connectivity index (χ0v) is 8.63. The fourth-order valence-electron chi connectivity index (χ4n) is 1.63. The van der Waals surface area contributed by atoms with Gasteiger partial charge in [0.05, 0.1) is 4.90 Å². The number of hydrogen-bond donors (Lipinski definition) is 1. The van der Waals surface area contributed by atoms with Crippen molar-refractivity contribution >= 4 is 9.84 Å². The molecule has 1 fully saturated rings. The van der Waals surface area contributed by atoms with Crippen LogP contribution in [-0.2, 0) is 9.84 Å². The molecule has 0 saturated heterocycles. The molecule has 2 N–H and O–H groups in total. The molecule has 14 heavy (non-hydrogen) atoms. The van der Waals surface area contributed by atoms with E-state index in [1.807, 2.05) is 0 Å². The van der Waals surface area contributed by atoms with E-state index in [0.29, 0.717) is 17.7 Å². The van der Waals surface area contributed by atoms with Crippen molar-refractivity contribution in [2.24, 2.45) is 5.73 Å². The summed E-state index contributed by atoms with van der Waals surface area (Å²) < 4.78 is 24.0. The molecule has 0 spiro atoms. The minimum Gasteiger partial charge on any atom is -0.312 e. The van der Waals surface area contributed by atoms with Crippen molar-refractivity contribution in [3.8, 4) is 0 Å². The Labute approximate surface area is 83.9 Å². The smallest absolute Gasteiger partial charge is 0.196 e. The minimum atomic E-state index is -3.32. The lowest BCUT2D eigenvalue weighted by Crippen LogP contribution is -2.53. The molecule has 1 saturated carbocycles. The minimum absolute atomic E-state index is 0.335. The summed E-state index contributed by atoms with van der Waals surface area (Å²) in [7, 11) is -3.32. The molecule has 2 rings (SSSR count). The largest absolute Gasteiger partial charge is 0.312 e. The zero-order chi connectivity index (χ0) is 10.2. The van der Waals surface area contributed by atoms with Crippen molar-refractivity contribution in [3.63, 3.8) is 0 Å². The summed E-state index contributed by atoms with van der Waals surface area (Å²) in [6.45, 7) is 0. The second-order valence-electron chi connectivity index (χ2n) is 3.73. The van der Waals surface area contributed by atoms with Crippen molar-refractivity contribution in [2.75, 3.05) is 0 Å². The topological polar surface area (TPSA) is 60.2 Å². The van der Waals surface area contributed by atoms with Gasteiger partial charge in [0.15, 0.2) is 9.84 Å². The molecule has 1 aromatic rings. The van der Waals surface area contributed by atoms with Gasteiger partial charge in [-0.25, -0.2) is 8.42 Å². The third kappa shape index (κ3) is 1.26. The van der Waals surface area contributed by atoms with Gasteiger partial charge < -0.3 is 5.73 Å². The summed E-state index contributed by atoms with van der Waals surface area (Å²) in [5, 5.41) is 0. The maximum Gasteiger partial charge on any atom is 0.196 e. The highest BCUT2D eigenvalue weighted by atomic mass is 32.2. The van der Waals surface area contributed by atoms with E-state index >= 15 is 0 Å². The van der Waals surface area contributed by atoms with Gasteiger partial charge in [-0.1, -0.05) is 18.2 Å². The summed E-state index contributed by atoms with van der Waals surface area (Å²) in [6.07, 6.45) is 2.05. The third-order valence-electron chi connectivity index (χ3n) is 2.79. The van der Waals surface area contributed by atoms with E-state index < -0.39 is 14.7 Å². The lowest BCUT2D eigenvalue weighted by atomic mass is 9.93. The van der Waals surface area contributed by atoms with Crippen molar-refractivity contribution in [2.45, 2.75) is 29.0 Å². The van der Waals surface area contributed by atoms with E-state index in [9.17, 15) is 8.42 Å². The fourth-order valence-corrected chi connectivity index (χ4v) is 3.44. The van der Waals surface area contributed by atoms with Crippen LogP contribution in [0.15, 0.2) is 35.2 Å². The Hall–Kier alpha value is -0.870. The monoisotopic (exact) mass is 211 g/mol. The van der Waals surface area contributed by atoms with Gasteiger partial charge in [-0.2, -0.15) is 0 Å². The predicted molar refractivity (Wildman–Crippen MR) is 54.4 cm³/mol. The average Bonchev–Trinajstić information content (AvgIpc) is 2.15. The van der Waals surface area contributed by atoms with Crippen LogP contribution < -0.4 is 5.73 Å². The summed E-state index contributed by atoms with van der Waals surface area (Å²) in [5.41, 5.74) is 5.82. The molecule has 1 aromatic carbocycles. The highest BCUT2D eigenvalue weighted by Crippen LogP contribution is 2.37. The van der Waals surface area contributed by atoms with E-state index in [4.69, 9.17) is 5.73 Å². The predicted octanol–water partition coefficient (Wildman–Crippen LogP) is 1.30. The average molecular weight is 211 g/mol. The molecule has 3 nitrogen and oxygen atoms in total. The van der Waals surface area contributed by atoms with Gasteiger partial charge >= 0.3 is 0 Å². The van der Waals surface area contributed by atoms with Gasteiger partial charge in [-0.15, -0.1) is 0 Å². The highest BCUT2D eigenvalue weighted by Gasteiger charge is 2.45. The van der Waals surface area contributed by atoms with E-state index in [0.717, 1.165) is 6.42 Å². The number of rotatable bonds is 2. The molecule has 4 heteroatoms. The molecule has 76 valence electrons. The third-order valence-corrected chi connectivity index (χ3v) is 5.16. The molecule has 0 aliphatic heterocycles. The Morgan fingerprint density at radius 3 is 2.14 bits per heavy atom. The van der Waals surface area contributed by atoms with E-state index in [2.05, 4.69) is 0 Å². The van der Waals surface area contributed by atoms with Crippen LogP contribution in [0.4, 0.5) is 0 Å². The molecule has 1 aliphatic carbocycles. The standard InChI is InChI=1S/C10H13NO2S/c11-10(7-4-8-10)14(12,13)9-5-2-1-3-6-9/h1-3,5-6H,4,7-8,11H2. The van der Waals surface area contributed by atoms with Gasteiger partial charge in [-0.3, -0.25) is 0 Å². The van der Waals surface area contributed by atoms with E-state index in [1.165, 1.54) is 0 Å². The zero-order valence-electron chi connectivity index (χ0n) is 7.81. The maximum atomic E-state index is 12.0. The Morgan fingerprint density at radius 2 is 1.71 bits per heavy atom. The first-order valence-electron chi connectivity index (χ1n) is 4.65. The molecule has 0 heterocycles. The van der Waals surface area contributed by atoms with Crippen molar-refractivity contribution in [1.29, 1.82) is 0 Å². The van der Waals surface area contributed by atoms with Gasteiger partial charge in [0.2, 0.25) is 0 Å². The first-order chi connectivity index (χ1) is 6.56. The summed E-state index contributed by atoms with van der Waals surface area (Å²) in [5.74, 6) is 0.